The number of rotatable bonds is 3. The molecule has 1 aromatic rings. The van der Waals surface area contributed by atoms with Crippen molar-refractivity contribution in [1.82, 2.24) is 4.31 Å². The molecule has 0 radical (unpaired) electrons. The first-order chi connectivity index (χ1) is 8.95. The first kappa shape index (κ1) is 14.5. The second-order valence-electron chi connectivity index (χ2n) is 4.22. The molecule has 2 rings (SSSR count). The lowest BCUT2D eigenvalue weighted by Gasteiger charge is -2.31. The summed E-state index contributed by atoms with van der Waals surface area (Å²) >= 11 is 5.84. The average Bonchev–Trinajstić information content (AvgIpc) is 2.41. The number of ether oxygens (including phenoxy) is 1. The van der Waals surface area contributed by atoms with Crippen LogP contribution in [0.4, 0.5) is 5.69 Å². The van der Waals surface area contributed by atoms with Gasteiger partial charge in [-0.2, -0.15) is 4.31 Å². The Kier molecular flexibility index (Phi) is 4.32. The summed E-state index contributed by atoms with van der Waals surface area (Å²) in [6.45, 7) is 0.420. The van der Waals surface area contributed by atoms with Crippen molar-refractivity contribution >= 4 is 27.3 Å². The molecule has 1 unspecified atom stereocenters. The molecule has 0 bridgehead atoms. The summed E-state index contributed by atoms with van der Waals surface area (Å²) in [7, 11) is -3.64. The van der Waals surface area contributed by atoms with Crippen LogP contribution in [-0.4, -0.2) is 50.2 Å². The predicted octanol–water partition coefficient (Wildman–Crippen LogP) is 0.304. The van der Waals surface area contributed by atoms with Crippen LogP contribution in [-0.2, 0) is 14.8 Å². The second kappa shape index (κ2) is 5.64. The molecule has 1 aliphatic heterocycles. The molecule has 1 aromatic carbocycles. The van der Waals surface area contributed by atoms with Crippen LogP contribution in [0.2, 0.25) is 5.02 Å². The maximum atomic E-state index is 12.4. The number of hydrogen-bond donors (Lipinski definition) is 2. The Bertz CT molecular complexity index is 564. The standard InChI is InChI=1S/C11H15ClN2O4S/c12-10-5-9(1-2-11(10)13)19(16,17)14-3-4-18-8(6-14)7-15/h1-2,5,8,15H,3-4,6-7,13H2. The maximum Gasteiger partial charge on any atom is 0.243 e. The van der Waals surface area contributed by atoms with Crippen molar-refractivity contribution in [2.45, 2.75) is 11.0 Å². The van der Waals surface area contributed by atoms with Gasteiger partial charge in [0.2, 0.25) is 10.0 Å². The minimum atomic E-state index is -3.64. The molecular formula is C11H15ClN2O4S. The van der Waals surface area contributed by atoms with Gasteiger partial charge in [-0.3, -0.25) is 0 Å². The Morgan fingerprint density at radius 1 is 1.53 bits per heavy atom. The van der Waals surface area contributed by atoms with Crippen molar-refractivity contribution in [3.05, 3.63) is 23.2 Å². The number of nitrogens with zero attached hydrogens (tertiary/aromatic N) is 1. The Balaban J connectivity index is 2.28. The van der Waals surface area contributed by atoms with E-state index < -0.39 is 16.1 Å². The topological polar surface area (TPSA) is 92.9 Å². The molecule has 0 aromatic heterocycles. The van der Waals surface area contributed by atoms with Gasteiger partial charge in [-0.05, 0) is 18.2 Å². The highest BCUT2D eigenvalue weighted by molar-refractivity contribution is 7.89. The first-order valence-corrected chi connectivity index (χ1v) is 7.54. The van der Waals surface area contributed by atoms with E-state index in [1.54, 1.807) is 0 Å². The Morgan fingerprint density at radius 3 is 2.89 bits per heavy atom. The molecular weight excluding hydrogens is 292 g/mol. The molecule has 0 aliphatic carbocycles. The minimum absolute atomic E-state index is 0.0882. The number of morpholine rings is 1. The Morgan fingerprint density at radius 2 is 2.26 bits per heavy atom. The van der Waals surface area contributed by atoms with Crippen LogP contribution in [0.1, 0.15) is 0 Å². The zero-order valence-corrected chi connectivity index (χ0v) is 11.7. The molecule has 0 spiro atoms. The number of benzene rings is 1. The molecule has 1 fully saturated rings. The number of hydrogen-bond acceptors (Lipinski definition) is 5. The van der Waals surface area contributed by atoms with Gasteiger partial charge in [-0.15, -0.1) is 0 Å². The molecule has 8 heteroatoms. The van der Waals surface area contributed by atoms with Crippen LogP contribution in [0.3, 0.4) is 0 Å². The first-order valence-electron chi connectivity index (χ1n) is 5.73. The van der Waals surface area contributed by atoms with Gasteiger partial charge in [0.1, 0.15) is 0 Å². The molecule has 19 heavy (non-hydrogen) atoms. The molecule has 0 saturated carbocycles. The van der Waals surface area contributed by atoms with Gasteiger partial charge in [0, 0.05) is 13.1 Å². The van der Waals surface area contributed by atoms with Gasteiger partial charge in [-0.25, -0.2) is 8.42 Å². The highest BCUT2D eigenvalue weighted by atomic mass is 35.5. The van der Waals surface area contributed by atoms with Crippen molar-refractivity contribution in [2.24, 2.45) is 0 Å². The third kappa shape index (κ3) is 3.01. The molecule has 1 atom stereocenters. The van der Waals surface area contributed by atoms with Crippen LogP contribution in [0.15, 0.2) is 23.1 Å². The van der Waals surface area contributed by atoms with E-state index in [-0.39, 0.29) is 36.2 Å². The fraction of sp³-hybridized carbons (Fsp3) is 0.455. The molecule has 3 N–H and O–H groups in total. The molecule has 6 nitrogen and oxygen atoms in total. The van der Waals surface area contributed by atoms with E-state index in [1.807, 2.05) is 0 Å². The molecule has 106 valence electrons. The summed E-state index contributed by atoms with van der Waals surface area (Å²) in [5.74, 6) is 0. The Labute approximate surface area is 116 Å². The van der Waals surface area contributed by atoms with Gasteiger partial charge < -0.3 is 15.6 Å². The number of halogens is 1. The van der Waals surface area contributed by atoms with E-state index in [0.29, 0.717) is 5.69 Å². The number of nitrogen functional groups attached to an aromatic ring is 1. The Hall–Kier alpha value is -0.860. The molecule has 1 saturated heterocycles. The molecule has 0 amide bonds. The quantitative estimate of drug-likeness (QED) is 0.784. The van der Waals surface area contributed by atoms with Crippen molar-refractivity contribution < 1.29 is 18.3 Å². The summed E-state index contributed by atoms with van der Waals surface area (Å²) in [5, 5.41) is 9.24. The van der Waals surface area contributed by atoms with E-state index in [9.17, 15) is 8.42 Å². The monoisotopic (exact) mass is 306 g/mol. The summed E-state index contributed by atoms with van der Waals surface area (Å²) in [5.41, 5.74) is 5.89. The van der Waals surface area contributed by atoms with Crippen molar-refractivity contribution in [2.75, 3.05) is 32.0 Å². The number of aliphatic hydroxyl groups is 1. The molecule has 1 aliphatic rings. The summed E-state index contributed by atoms with van der Waals surface area (Å²) in [4.78, 5) is 0.0882. The average molecular weight is 307 g/mol. The fourth-order valence-corrected chi connectivity index (χ4v) is 3.57. The second-order valence-corrected chi connectivity index (χ2v) is 6.57. The van der Waals surface area contributed by atoms with E-state index in [0.717, 1.165) is 0 Å². The minimum Gasteiger partial charge on any atom is -0.398 e. The van der Waals surface area contributed by atoms with E-state index in [2.05, 4.69) is 0 Å². The summed E-state index contributed by atoms with van der Waals surface area (Å²) in [6, 6.07) is 4.20. The smallest absolute Gasteiger partial charge is 0.243 e. The van der Waals surface area contributed by atoms with Crippen LogP contribution < -0.4 is 5.73 Å². The normalized spacial score (nSPS) is 21.5. The van der Waals surface area contributed by atoms with E-state index >= 15 is 0 Å². The lowest BCUT2D eigenvalue weighted by molar-refractivity contribution is -0.0304. The van der Waals surface area contributed by atoms with Crippen LogP contribution in [0, 0.1) is 0 Å². The number of aliphatic hydroxyl groups excluding tert-OH is 1. The van der Waals surface area contributed by atoms with E-state index in [1.165, 1.54) is 22.5 Å². The van der Waals surface area contributed by atoms with Gasteiger partial charge in [-0.1, -0.05) is 11.6 Å². The van der Waals surface area contributed by atoms with Gasteiger partial charge in [0.15, 0.2) is 0 Å². The highest BCUT2D eigenvalue weighted by Crippen LogP contribution is 2.25. The predicted molar refractivity (Wildman–Crippen MR) is 71.4 cm³/mol. The van der Waals surface area contributed by atoms with Gasteiger partial charge in [0.05, 0.1) is 34.9 Å². The highest BCUT2D eigenvalue weighted by Gasteiger charge is 2.30. The van der Waals surface area contributed by atoms with E-state index in [4.69, 9.17) is 27.2 Å². The molecule has 1 heterocycles. The largest absolute Gasteiger partial charge is 0.398 e. The zero-order chi connectivity index (χ0) is 14.0. The SMILES string of the molecule is Nc1ccc(S(=O)(=O)N2CCOC(CO)C2)cc1Cl. The lowest BCUT2D eigenvalue weighted by Crippen LogP contribution is -2.46. The zero-order valence-electron chi connectivity index (χ0n) is 10.1. The lowest BCUT2D eigenvalue weighted by atomic mass is 10.3. The van der Waals surface area contributed by atoms with Crippen LogP contribution in [0.25, 0.3) is 0 Å². The number of nitrogens with two attached hydrogens (primary N) is 1. The van der Waals surface area contributed by atoms with Crippen molar-refractivity contribution in [3.63, 3.8) is 0 Å². The van der Waals surface area contributed by atoms with Gasteiger partial charge in [0.25, 0.3) is 0 Å². The number of sulfonamides is 1. The third-order valence-electron chi connectivity index (χ3n) is 2.91. The maximum absolute atomic E-state index is 12.4. The third-order valence-corrected chi connectivity index (χ3v) is 5.10. The van der Waals surface area contributed by atoms with Crippen molar-refractivity contribution in [1.29, 1.82) is 0 Å². The van der Waals surface area contributed by atoms with Gasteiger partial charge >= 0.3 is 0 Å². The number of anilines is 1. The van der Waals surface area contributed by atoms with Crippen LogP contribution >= 0.6 is 11.6 Å². The van der Waals surface area contributed by atoms with Crippen molar-refractivity contribution in [3.8, 4) is 0 Å². The summed E-state index contributed by atoms with van der Waals surface area (Å²) < 4.78 is 31.3. The van der Waals surface area contributed by atoms with Crippen LogP contribution in [0.5, 0.6) is 0 Å². The fourth-order valence-electron chi connectivity index (χ4n) is 1.84. The summed E-state index contributed by atoms with van der Waals surface area (Å²) in [6.07, 6.45) is -0.493.